The molecule has 6 nitrogen and oxygen atoms in total. The number of aromatic nitrogens is 1. The highest BCUT2D eigenvalue weighted by atomic mass is 16.4. The van der Waals surface area contributed by atoms with E-state index in [0.29, 0.717) is 5.69 Å². The van der Waals surface area contributed by atoms with E-state index in [1.165, 1.54) is 0 Å². The molecule has 24 heavy (non-hydrogen) atoms. The van der Waals surface area contributed by atoms with E-state index < -0.39 is 12.0 Å². The van der Waals surface area contributed by atoms with E-state index in [2.05, 4.69) is 15.6 Å². The molecule has 1 aromatic heterocycles. The number of nitrogens with one attached hydrogen (secondary N) is 2. The molecule has 2 rings (SSSR count). The number of pyridine rings is 1. The number of aryl methyl sites for hydroxylation is 2. The van der Waals surface area contributed by atoms with Crippen molar-refractivity contribution in [2.75, 3.05) is 5.32 Å². The van der Waals surface area contributed by atoms with Gasteiger partial charge in [-0.25, -0.2) is 0 Å². The number of carbonyl (C=O) groups is 2. The van der Waals surface area contributed by atoms with Crippen molar-refractivity contribution >= 4 is 17.6 Å². The summed E-state index contributed by atoms with van der Waals surface area (Å²) in [5, 5.41) is 14.9. The van der Waals surface area contributed by atoms with Gasteiger partial charge < -0.3 is 10.4 Å². The SMILES string of the molecule is Cc1ccc(C)c(NC(=O)CC(NCc2ccccn2)C(=O)O)c1. The van der Waals surface area contributed by atoms with Crippen LogP contribution in [0.5, 0.6) is 0 Å². The molecule has 0 saturated carbocycles. The summed E-state index contributed by atoms with van der Waals surface area (Å²) in [6, 6.07) is 10.2. The zero-order valence-electron chi connectivity index (χ0n) is 13.7. The van der Waals surface area contributed by atoms with Crippen LogP contribution in [0.4, 0.5) is 5.69 Å². The predicted molar refractivity (Wildman–Crippen MR) is 91.7 cm³/mol. The predicted octanol–water partition coefficient (Wildman–Crippen LogP) is 2.27. The Morgan fingerprint density at radius 3 is 2.67 bits per heavy atom. The second-order valence-corrected chi connectivity index (χ2v) is 5.66. The van der Waals surface area contributed by atoms with Gasteiger partial charge in [0.05, 0.1) is 12.1 Å². The smallest absolute Gasteiger partial charge is 0.321 e. The molecule has 126 valence electrons. The van der Waals surface area contributed by atoms with E-state index >= 15 is 0 Å². The highest BCUT2D eigenvalue weighted by Gasteiger charge is 2.21. The van der Waals surface area contributed by atoms with Crippen molar-refractivity contribution in [2.45, 2.75) is 32.9 Å². The first-order valence-corrected chi connectivity index (χ1v) is 7.69. The molecule has 0 aliphatic carbocycles. The van der Waals surface area contributed by atoms with Crippen LogP contribution < -0.4 is 10.6 Å². The standard InChI is InChI=1S/C18H21N3O3/c1-12-6-7-13(2)15(9-12)21-17(22)10-16(18(23)24)20-11-14-5-3-4-8-19-14/h3-9,16,20H,10-11H2,1-2H3,(H,21,22)(H,23,24). The van der Waals surface area contributed by atoms with Crippen molar-refractivity contribution < 1.29 is 14.7 Å². The van der Waals surface area contributed by atoms with Crippen LogP contribution in [-0.4, -0.2) is 28.0 Å². The molecule has 0 radical (unpaired) electrons. The van der Waals surface area contributed by atoms with E-state index in [1.54, 1.807) is 18.3 Å². The Bertz CT molecular complexity index is 717. The van der Waals surface area contributed by atoms with E-state index in [1.807, 2.05) is 38.1 Å². The first kappa shape index (κ1) is 17.6. The van der Waals surface area contributed by atoms with Crippen LogP contribution in [0.3, 0.4) is 0 Å². The fraction of sp³-hybridized carbons (Fsp3) is 0.278. The summed E-state index contributed by atoms with van der Waals surface area (Å²) < 4.78 is 0. The van der Waals surface area contributed by atoms with E-state index in [4.69, 9.17) is 0 Å². The Balaban J connectivity index is 1.95. The maximum Gasteiger partial charge on any atom is 0.321 e. The van der Waals surface area contributed by atoms with Gasteiger partial charge in [0.1, 0.15) is 6.04 Å². The number of carboxylic acid groups (broad SMARTS) is 1. The van der Waals surface area contributed by atoms with Crippen molar-refractivity contribution in [1.29, 1.82) is 0 Å². The normalized spacial score (nSPS) is 11.8. The van der Waals surface area contributed by atoms with Gasteiger partial charge in [-0.3, -0.25) is 19.9 Å². The number of amides is 1. The molecule has 0 aliphatic heterocycles. The summed E-state index contributed by atoms with van der Waals surface area (Å²) in [6.45, 7) is 4.11. The third-order valence-corrected chi connectivity index (χ3v) is 3.61. The summed E-state index contributed by atoms with van der Waals surface area (Å²) in [7, 11) is 0. The summed E-state index contributed by atoms with van der Waals surface area (Å²) in [5.41, 5.74) is 3.38. The molecule has 1 aromatic carbocycles. The van der Waals surface area contributed by atoms with E-state index in [-0.39, 0.29) is 18.9 Å². The first-order valence-electron chi connectivity index (χ1n) is 7.69. The number of benzene rings is 1. The maximum absolute atomic E-state index is 12.2. The fourth-order valence-electron chi connectivity index (χ4n) is 2.23. The molecule has 0 fully saturated rings. The number of carbonyl (C=O) groups excluding carboxylic acids is 1. The van der Waals surface area contributed by atoms with Crippen molar-refractivity contribution in [1.82, 2.24) is 10.3 Å². The number of anilines is 1. The molecule has 1 atom stereocenters. The second kappa shape index (κ2) is 8.21. The van der Waals surface area contributed by atoms with E-state index in [0.717, 1.165) is 16.8 Å². The first-order chi connectivity index (χ1) is 11.5. The molecule has 6 heteroatoms. The lowest BCUT2D eigenvalue weighted by molar-refractivity contribution is -0.141. The largest absolute Gasteiger partial charge is 0.480 e. The molecular weight excluding hydrogens is 306 g/mol. The molecule has 3 N–H and O–H groups in total. The van der Waals surface area contributed by atoms with Crippen LogP contribution >= 0.6 is 0 Å². The zero-order chi connectivity index (χ0) is 17.5. The third kappa shape index (κ3) is 5.17. The molecular formula is C18H21N3O3. The number of hydrogen-bond donors (Lipinski definition) is 3. The minimum atomic E-state index is -1.07. The monoisotopic (exact) mass is 327 g/mol. The molecule has 1 heterocycles. The average Bonchev–Trinajstić information content (AvgIpc) is 2.55. The topological polar surface area (TPSA) is 91.3 Å². The molecule has 1 unspecified atom stereocenters. The van der Waals surface area contributed by atoms with Crippen LogP contribution in [0.1, 0.15) is 23.2 Å². The Labute approximate surface area is 140 Å². The number of aliphatic carboxylic acids is 1. The van der Waals surface area contributed by atoms with Crippen molar-refractivity contribution in [3.05, 3.63) is 59.4 Å². The fourth-order valence-corrected chi connectivity index (χ4v) is 2.23. The molecule has 0 saturated heterocycles. The van der Waals surface area contributed by atoms with Crippen molar-refractivity contribution in [2.24, 2.45) is 0 Å². The van der Waals surface area contributed by atoms with Gasteiger partial charge in [0.25, 0.3) is 0 Å². The lowest BCUT2D eigenvalue weighted by atomic mass is 10.1. The molecule has 0 spiro atoms. The van der Waals surface area contributed by atoms with Gasteiger partial charge in [0.15, 0.2) is 0 Å². The number of carboxylic acids is 1. The van der Waals surface area contributed by atoms with Crippen LogP contribution in [-0.2, 0) is 16.1 Å². The average molecular weight is 327 g/mol. The van der Waals surface area contributed by atoms with Gasteiger partial charge in [-0.1, -0.05) is 18.2 Å². The number of hydrogen-bond acceptors (Lipinski definition) is 4. The number of nitrogens with zero attached hydrogens (tertiary/aromatic N) is 1. The van der Waals surface area contributed by atoms with Gasteiger partial charge in [-0.15, -0.1) is 0 Å². The van der Waals surface area contributed by atoms with Crippen molar-refractivity contribution in [3.8, 4) is 0 Å². The second-order valence-electron chi connectivity index (χ2n) is 5.66. The van der Waals surface area contributed by atoms with Gasteiger partial charge in [0, 0.05) is 18.4 Å². The van der Waals surface area contributed by atoms with Crippen LogP contribution in [0, 0.1) is 13.8 Å². The summed E-state index contributed by atoms with van der Waals surface area (Å²) in [4.78, 5) is 27.7. The Hall–Kier alpha value is -2.73. The van der Waals surface area contributed by atoms with Crippen LogP contribution in [0.2, 0.25) is 0 Å². The maximum atomic E-state index is 12.2. The summed E-state index contributed by atoms with van der Waals surface area (Å²) in [5.74, 6) is -1.41. The lowest BCUT2D eigenvalue weighted by Crippen LogP contribution is -2.39. The molecule has 1 amide bonds. The quantitative estimate of drug-likeness (QED) is 0.725. The number of rotatable bonds is 7. The summed E-state index contributed by atoms with van der Waals surface area (Å²) in [6.07, 6.45) is 1.48. The minimum absolute atomic E-state index is 0.157. The van der Waals surface area contributed by atoms with Gasteiger partial charge >= 0.3 is 5.97 Å². The van der Waals surface area contributed by atoms with Gasteiger partial charge in [-0.2, -0.15) is 0 Å². The van der Waals surface area contributed by atoms with Crippen molar-refractivity contribution in [3.63, 3.8) is 0 Å². The highest BCUT2D eigenvalue weighted by molar-refractivity contribution is 5.94. The molecule has 2 aromatic rings. The van der Waals surface area contributed by atoms with Gasteiger partial charge in [0.2, 0.25) is 5.91 Å². The van der Waals surface area contributed by atoms with Crippen LogP contribution in [0.25, 0.3) is 0 Å². The zero-order valence-corrected chi connectivity index (χ0v) is 13.7. The Morgan fingerprint density at radius 1 is 1.21 bits per heavy atom. The minimum Gasteiger partial charge on any atom is -0.480 e. The molecule has 0 aliphatic rings. The van der Waals surface area contributed by atoms with E-state index in [9.17, 15) is 14.7 Å². The molecule has 0 bridgehead atoms. The van der Waals surface area contributed by atoms with Crippen LogP contribution in [0.15, 0.2) is 42.6 Å². The highest BCUT2D eigenvalue weighted by Crippen LogP contribution is 2.16. The third-order valence-electron chi connectivity index (χ3n) is 3.61. The van der Waals surface area contributed by atoms with Gasteiger partial charge in [-0.05, 0) is 43.2 Å². The summed E-state index contributed by atoms with van der Waals surface area (Å²) >= 11 is 0. The Kier molecular flexibility index (Phi) is 6.03. The lowest BCUT2D eigenvalue weighted by Gasteiger charge is -2.15. The Morgan fingerprint density at radius 2 is 2.00 bits per heavy atom.